The standard InChI is InChI=1S/C14H28N2O3/c1-10(6-5-7-12(3)17)8-9-11(2)14(19)16-15-13(4)18/h10-11,13,15,18H,5-9H2,1-4H3,(H,16,19). The molecule has 3 unspecified atom stereocenters. The molecule has 0 fully saturated rings. The third-order valence-corrected chi connectivity index (χ3v) is 3.17. The molecule has 3 N–H and O–H groups in total. The number of rotatable bonds is 10. The Morgan fingerprint density at radius 1 is 1.11 bits per heavy atom. The van der Waals surface area contributed by atoms with Crippen molar-refractivity contribution in [3.05, 3.63) is 0 Å². The van der Waals surface area contributed by atoms with E-state index in [0.717, 1.165) is 25.7 Å². The van der Waals surface area contributed by atoms with Gasteiger partial charge in [-0.1, -0.05) is 20.3 Å². The number of hydrazine groups is 1. The van der Waals surface area contributed by atoms with Crippen LogP contribution in [0.15, 0.2) is 0 Å². The van der Waals surface area contributed by atoms with Crippen LogP contribution < -0.4 is 10.9 Å². The summed E-state index contributed by atoms with van der Waals surface area (Å²) in [6, 6.07) is 0. The fourth-order valence-electron chi connectivity index (χ4n) is 1.81. The van der Waals surface area contributed by atoms with E-state index < -0.39 is 6.23 Å². The molecule has 0 aromatic carbocycles. The third-order valence-electron chi connectivity index (χ3n) is 3.17. The number of carbonyl (C=O) groups excluding carboxylic acids is 2. The van der Waals surface area contributed by atoms with Crippen molar-refractivity contribution in [2.75, 3.05) is 0 Å². The summed E-state index contributed by atoms with van der Waals surface area (Å²) in [5.74, 6) is 0.585. The highest BCUT2D eigenvalue weighted by Crippen LogP contribution is 2.17. The first-order valence-corrected chi connectivity index (χ1v) is 7.05. The second-order valence-electron chi connectivity index (χ2n) is 5.49. The van der Waals surface area contributed by atoms with Gasteiger partial charge < -0.3 is 9.90 Å². The van der Waals surface area contributed by atoms with E-state index in [0.29, 0.717) is 12.3 Å². The molecule has 0 saturated carbocycles. The van der Waals surface area contributed by atoms with Gasteiger partial charge in [0.25, 0.3) is 0 Å². The van der Waals surface area contributed by atoms with Crippen LogP contribution in [0.1, 0.15) is 59.8 Å². The SMILES string of the molecule is CC(=O)CCCC(C)CCC(C)C(=O)NNC(C)O. The number of carbonyl (C=O) groups is 2. The summed E-state index contributed by atoms with van der Waals surface area (Å²) in [6.45, 7) is 7.19. The van der Waals surface area contributed by atoms with E-state index in [1.807, 2.05) is 6.92 Å². The van der Waals surface area contributed by atoms with Crippen molar-refractivity contribution in [1.82, 2.24) is 10.9 Å². The van der Waals surface area contributed by atoms with Crippen LogP contribution in [0.25, 0.3) is 0 Å². The quantitative estimate of drug-likeness (QED) is 0.418. The highest BCUT2D eigenvalue weighted by atomic mass is 16.3. The van der Waals surface area contributed by atoms with Crippen LogP contribution in [0, 0.1) is 11.8 Å². The lowest BCUT2D eigenvalue weighted by Crippen LogP contribution is -2.45. The lowest BCUT2D eigenvalue weighted by molar-refractivity contribution is -0.126. The average molecular weight is 272 g/mol. The average Bonchev–Trinajstić information content (AvgIpc) is 2.32. The van der Waals surface area contributed by atoms with E-state index in [1.165, 1.54) is 0 Å². The minimum atomic E-state index is -0.748. The number of aliphatic hydroxyl groups is 1. The van der Waals surface area contributed by atoms with Crippen LogP contribution in [0.5, 0.6) is 0 Å². The maximum atomic E-state index is 11.6. The molecule has 112 valence electrons. The van der Waals surface area contributed by atoms with E-state index in [4.69, 9.17) is 5.11 Å². The third kappa shape index (κ3) is 10.7. The lowest BCUT2D eigenvalue weighted by atomic mass is 9.93. The van der Waals surface area contributed by atoms with E-state index in [-0.39, 0.29) is 17.6 Å². The number of hydrogen-bond donors (Lipinski definition) is 3. The minimum absolute atomic E-state index is 0.0819. The molecule has 0 spiro atoms. The van der Waals surface area contributed by atoms with Crippen LogP contribution in [-0.4, -0.2) is 23.0 Å². The molecule has 0 rings (SSSR count). The maximum absolute atomic E-state index is 11.6. The van der Waals surface area contributed by atoms with E-state index >= 15 is 0 Å². The molecule has 3 atom stereocenters. The molecule has 0 aromatic heterocycles. The molecule has 0 heterocycles. The van der Waals surface area contributed by atoms with Gasteiger partial charge in [0.15, 0.2) is 0 Å². The Hall–Kier alpha value is -0.940. The molecule has 5 heteroatoms. The fourth-order valence-corrected chi connectivity index (χ4v) is 1.81. The molecule has 0 saturated heterocycles. The van der Waals surface area contributed by atoms with Gasteiger partial charge in [-0.25, -0.2) is 5.43 Å². The fraction of sp³-hybridized carbons (Fsp3) is 0.857. The number of amides is 1. The van der Waals surface area contributed by atoms with Gasteiger partial charge in [0, 0.05) is 12.3 Å². The molecular formula is C14H28N2O3. The van der Waals surface area contributed by atoms with E-state index in [1.54, 1.807) is 13.8 Å². The topological polar surface area (TPSA) is 78.4 Å². The predicted molar refractivity (Wildman–Crippen MR) is 75.1 cm³/mol. The summed E-state index contributed by atoms with van der Waals surface area (Å²) < 4.78 is 0. The molecule has 19 heavy (non-hydrogen) atoms. The highest BCUT2D eigenvalue weighted by Gasteiger charge is 2.14. The lowest BCUT2D eigenvalue weighted by Gasteiger charge is -2.16. The van der Waals surface area contributed by atoms with Gasteiger partial charge in [-0.3, -0.25) is 10.2 Å². The number of Topliss-reactive ketones (excluding diaryl/α,β-unsaturated/α-hetero) is 1. The second-order valence-corrected chi connectivity index (χ2v) is 5.49. The van der Waals surface area contributed by atoms with E-state index in [2.05, 4.69) is 17.8 Å². The van der Waals surface area contributed by atoms with Crippen molar-refractivity contribution in [3.63, 3.8) is 0 Å². The molecule has 0 bridgehead atoms. The Kier molecular flexibility index (Phi) is 9.43. The molecule has 0 aliphatic rings. The summed E-state index contributed by atoms with van der Waals surface area (Å²) in [5.41, 5.74) is 4.96. The first-order chi connectivity index (χ1) is 8.82. The zero-order valence-electron chi connectivity index (χ0n) is 12.5. The zero-order chi connectivity index (χ0) is 14.8. The summed E-state index contributed by atoms with van der Waals surface area (Å²) in [5, 5.41) is 8.99. The smallest absolute Gasteiger partial charge is 0.236 e. The van der Waals surface area contributed by atoms with Crippen LogP contribution in [0.3, 0.4) is 0 Å². The Balaban J connectivity index is 3.73. The molecular weight excluding hydrogens is 244 g/mol. The summed E-state index contributed by atoms with van der Waals surface area (Å²) in [4.78, 5) is 22.5. The number of hydrogen-bond acceptors (Lipinski definition) is 4. The van der Waals surface area contributed by atoms with Crippen molar-refractivity contribution in [2.45, 2.75) is 66.0 Å². The molecule has 0 radical (unpaired) electrons. The number of aliphatic hydroxyl groups excluding tert-OH is 1. The van der Waals surface area contributed by atoms with Crippen LogP contribution >= 0.6 is 0 Å². The zero-order valence-corrected chi connectivity index (χ0v) is 12.5. The first-order valence-electron chi connectivity index (χ1n) is 7.05. The van der Waals surface area contributed by atoms with Crippen molar-refractivity contribution >= 4 is 11.7 Å². The minimum Gasteiger partial charge on any atom is -0.377 e. The summed E-state index contributed by atoms with van der Waals surface area (Å²) in [7, 11) is 0. The normalized spacial score (nSPS) is 15.6. The number of nitrogens with one attached hydrogen (secondary N) is 2. The largest absolute Gasteiger partial charge is 0.377 e. The predicted octanol–water partition coefficient (Wildman–Crippen LogP) is 1.76. The van der Waals surface area contributed by atoms with Gasteiger partial charge in [0.2, 0.25) is 5.91 Å². The van der Waals surface area contributed by atoms with Crippen molar-refractivity contribution < 1.29 is 14.7 Å². The molecule has 0 aromatic rings. The molecule has 0 aliphatic heterocycles. The summed E-state index contributed by atoms with van der Waals surface area (Å²) >= 11 is 0. The Bertz CT molecular complexity index is 280. The molecule has 1 amide bonds. The monoisotopic (exact) mass is 272 g/mol. The Labute approximate surface area is 116 Å². The van der Waals surface area contributed by atoms with Gasteiger partial charge in [-0.05, 0) is 39.0 Å². The van der Waals surface area contributed by atoms with Gasteiger partial charge >= 0.3 is 0 Å². The van der Waals surface area contributed by atoms with Crippen molar-refractivity contribution in [1.29, 1.82) is 0 Å². The maximum Gasteiger partial charge on any atom is 0.236 e. The van der Waals surface area contributed by atoms with Crippen LogP contribution in [0.4, 0.5) is 0 Å². The van der Waals surface area contributed by atoms with Gasteiger partial charge in [0.1, 0.15) is 12.0 Å². The molecule has 5 nitrogen and oxygen atoms in total. The van der Waals surface area contributed by atoms with Gasteiger partial charge in [-0.2, -0.15) is 0 Å². The van der Waals surface area contributed by atoms with E-state index in [9.17, 15) is 9.59 Å². The van der Waals surface area contributed by atoms with Crippen molar-refractivity contribution in [2.24, 2.45) is 11.8 Å². The second kappa shape index (κ2) is 9.92. The Morgan fingerprint density at radius 2 is 1.74 bits per heavy atom. The first kappa shape index (κ1) is 18.1. The van der Waals surface area contributed by atoms with Crippen molar-refractivity contribution in [3.8, 4) is 0 Å². The van der Waals surface area contributed by atoms with Gasteiger partial charge in [-0.15, -0.1) is 0 Å². The van der Waals surface area contributed by atoms with Crippen LogP contribution in [0.2, 0.25) is 0 Å². The van der Waals surface area contributed by atoms with Gasteiger partial charge in [0.05, 0.1) is 0 Å². The Morgan fingerprint density at radius 3 is 2.26 bits per heavy atom. The summed E-state index contributed by atoms with van der Waals surface area (Å²) in [6.07, 6.45) is 3.65. The molecule has 0 aliphatic carbocycles. The highest BCUT2D eigenvalue weighted by molar-refractivity contribution is 5.77. The van der Waals surface area contributed by atoms with Crippen LogP contribution in [-0.2, 0) is 9.59 Å². The number of ketones is 1.